The van der Waals surface area contributed by atoms with Crippen molar-refractivity contribution in [2.24, 2.45) is 5.73 Å². The first-order chi connectivity index (χ1) is 8.22. The lowest BCUT2D eigenvalue weighted by Gasteiger charge is -2.29. The molecule has 2 aromatic rings. The van der Waals surface area contributed by atoms with Crippen molar-refractivity contribution in [1.29, 1.82) is 0 Å². The molecule has 4 nitrogen and oxygen atoms in total. The van der Waals surface area contributed by atoms with Crippen molar-refractivity contribution in [3.05, 3.63) is 23.2 Å². The molecule has 17 heavy (non-hydrogen) atoms. The van der Waals surface area contributed by atoms with Crippen LogP contribution in [0.2, 0.25) is 5.02 Å². The van der Waals surface area contributed by atoms with Crippen LogP contribution >= 0.6 is 11.6 Å². The maximum Gasteiger partial charge on any atom is 0.298 e. The summed E-state index contributed by atoms with van der Waals surface area (Å²) in [6.45, 7) is 1.76. The number of hydrogen-bond donors (Lipinski definition) is 1. The predicted octanol–water partition coefficient (Wildman–Crippen LogP) is 2.41. The van der Waals surface area contributed by atoms with Gasteiger partial charge in [0.2, 0.25) is 0 Å². The van der Waals surface area contributed by atoms with E-state index < -0.39 is 0 Å². The summed E-state index contributed by atoms with van der Waals surface area (Å²) < 4.78 is 5.71. The van der Waals surface area contributed by atoms with Crippen LogP contribution in [0.5, 0.6) is 0 Å². The first-order valence-corrected chi connectivity index (χ1v) is 6.17. The van der Waals surface area contributed by atoms with E-state index >= 15 is 0 Å². The minimum Gasteiger partial charge on any atom is -0.423 e. The molecular weight excluding hydrogens is 238 g/mol. The quantitative estimate of drug-likeness (QED) is 0.846. The molecule has 1 aliphatic heterocycles. The Morgan fingerprint density at radius 3 is 3.18 bits per heavy atom. The third-order valence-corrected chi connectivity index (χ3v) is 3.30. The third-order valence-electron chi connectivity index (χ3n) is 3.07. The van der Waals surface area contributed by atoms with E-state index in [9.17, 15) is 0 Å². The maximum absolute atomic E-state index is 5.95. The monoisotopic (exact) mass is 251 g/mol. The lowest BCUT2D eigenvalue weighted by atomic mass is 10.1. The zero-order chi connectivity index (χ0) is 11.8. The van der Waals surface area contributed by atoms with Gasteiger partial charge in [-0.25, -0.2) is 0 Å². The largest absolute Gasteiger partial charge is 0.423 e. The number of fused-ring (bicyclic) bond motifs is 1. The van der Waals surface area contributed by atoms with Crippen LogP contribution < -0.4 is 10.6 Å². The maximum atomic E-state index is 5.95. The number of aromatic nitrogens is 1. The SMILES string of the molecule is NC1CCCN(c2nc3cc(Cl)ccc3o2)C1. The van der Waals surface area contributed by atoms with E-state index in [0.29, 0.717) is 11.0 Å². The normalized spacial score (nSPS) is 21.1. The molecule has 0 spiro atoms. The summed E-state index contributed by atoms with van der Waals surface area (Å²) in [4.78, 5) is 6.55. The first-order valence-electron chi connectivity index (χ1n) is 5.79. The lowest BCUT2D eigenvalue weighted by Crippen LogP contribution is -2.42. The molecule has 0 radical (unpaired) electrons. The standard InChI is InChI=1S/C12H14ClN3O/c13-8-3-4-11-10(6-8)15-12(17-11)16-5-1-2-9(14)7-16/h3-4,6,9H,1-2,5,7,14H2. The molecule has 0 bridgehead atoms. The number of nitrogens with two attached hydrogens (primary N) is 1. The van der Waals surface area contributed by atoms with Gasteiger partial charge in [0.1, 0.15) is 5.52 Å². The third kappa shape index (κ3) is 2.10. The van der Waals surface area contributed by atoms with Gasteiger partial charge in [-0.05, 0) is 31.0 Å². The van der Waals surface area contributed by atoms with Crippen LogP contribution in [0.4, 0.5) is 6.01 Å². The molecule has 0 amide bonds. The second-order valence-corrected chi connectivity index (χ2v) is 4.89. The summed E-state index contributed by atoms with van der Waals surface area (Å²) in [5.41, 5.74) is 7.51. The van der Waals surface area contributed by atoms with Gasteiger partial charge in [-0.15, -0.1) is 0 Å². The van der Waals surface area contributed by atoms with Crippen molar-refractivity contribution in [3.63, 3.8) is 0 Å². The summed E-state index contributed by atoms with van der Waals surface area (Å²) in [5, 5.41) is 0.674. The Morgan fingerprint density at radius 2 is 2.35 bits per heavy atom. The number of hydrogen-bond acceptors (Lipinski definition) is 4. The molecule has 2 heterocycles. The second kappa shape index (κ2) is 4.20. The average Bonchev–Trinajstić information content (AvgIpc) is 2.72. The molecule has 1 saturated heterocycles. The van der Waals surface area contributed by atoms with Crippen LogP contribution in [0.1, 0.15) is 12.8 Å². The van der Waals surface area contributed by atoms with Crippen LogP contribution in [-0.2, 0) is 0 Å². The first kappa shape index (κ1) is 10.9. The van der Waals surface area contributed by atoms with E-state index in [1.54, 1.807) is 6.07 Å². The molecule has 0 aliphatic carbocycles. The zero-order valence-electron chi connectivity index (χ0n) is 9.40. The van der Waals surface area contributed by atoms with Crippen molar-refractivity contribution in [2.75, 3.05) is 18.0 Å². The van der Waals surface area contributed by atoms with Gasteiger partial charge in [0.25, 0.3) is 6.01 Å². The highest BCUT2D eigenvalue weighted by Crippen LogP contribution is 2.26. The summed E-state index contributed by atoms with van der Waals surface area (Å²) >= 11 is 5.92. The van der Waals surface area contributed by atoms with E-state index in [-0.39, 0.29) is 6.04 Å². The Morgan fingerprint density at radius 1 is 1.47 bits per heavy atom. The summed E-state index contributed by atoms with van der Waals surface area (Å²) in [6, 6.07) is 6.33. The fraction of sp³-hybridized carbons (Fsp3) is 0.417. The summed E-state index contributed by atoms with van der Waals surface area (Å²) in [7, 11) is 0. The minimum atomic E-state index is 0.211. The predicted molar refractivity (Wildman–Crippen MR) is 68.4 cm³/mol. The molecule has 3 rings (SSSR count). The number of anilines is 1. The molecule has 1 aromatic heterocycles. The Balaban J connectivity index is 1.94. The number of oxazole rings is 1. The van der Waals surface area contributed by atoms with Crippen LogP contribution in [0, 0.1) is 0 Å². The molecule has 1 fully saturated rings. The smallest absolute Gasteiger partial charge is 0.298 e. The molecule has 1 aliphatic rings. The van der Waals surface area contributed by atoms with E-state index in [2.05, 4.69) is 9.88 Å². The van der Waals surface area contributed by atoms with Crippen LogP contribution in [0.25, 0.3) is 11.1 Å². The summed E-state index contributed by atoms with van der Waals surface area (Å²) in [6.07, 6.45) is 2.16. The highest BCUT2D eigenvalue weighted by atomic mass is 35.5. The van der Waals surface area contributed by atoms with Crippen molar-refractivity contribution in [3.8, 4) is 0 Å². The number of nitrogens with zero attached hydrogens (tertiary/aromatic N) is 2. The van der Waals surface area contributed by atoms with Crippen LogP contribution in [-0.4, -0.2) is 24.1 Å². The van der Waals surface area contributed by atoms with Crippen molar-refractivity contribution in [1.82, 2.24) is 4.98 Å². The van der Waals surface area contributed by atoms with Gasteiger partial charge < -0.3 is 15.1 Å². The van der Waals surface area contributed by atoms with Gasteiger partial charge in [-0.1, -0.05) is 11.6 Å². The molecule has 1 unspecified atom stereocenters. The van der Waals surface area contributed by atoms with Crippen molar-refractivity contribution < 1.29 is 4.42 Å². The highest BCUT2D eigenvalue weighted by molar-refractivity contribution is 6.31. The number of piperidine rings is 1. The van der Waals surface area contributed by atoms with E-state index in [0.717, 1.165) is 37.0 Å². The van der Waals surface area contributed by atoms with E-state index in [1.165, 1.54) is 0 Å². The Bertz CT molecular complexity index is 540. The zero-order valence-corrected chi connectivity index (χ0v) is 10.2. The Kier molecular flexibility index (Phi) is 2.68. The molecule has 0 saturated carbocycles. The molecule has 2 N–H and O–H groups in total. The fourth-order valence-corrected chi connectivity index (χ4v) is 2.37. The lowest BCUT2D eigenvalue weighted by molar-refractivity contribution is 0.467. The number of halogens is 1. The highest BCUT2D eigenvalue weighted by Gasteiger charge is 2.21. The number of benzene rings is 1. The molecule has 1 atom stereocenters. The Labute approximate surface area is 104 Å². The van der Waals surface area contributed by atoms with E-state index in [1.807, 2.05) is 12.1 Å². The van der Waals surface area contributed by atoms with Gasteiger partial charge in [-0.2, -0.15) is 4.98 Å². The minimum absolute atomic E-state index is 0.211. The molecule has 1 aromatic carbocycles. The van der Waals surface area contributed by atoms with Gasteiger partial charge in [0.15, 0.2) is 5.58 Å². The Hall–Kier alpha value is -1.26. The van der Waals surface area contributed by atoms with Gasteiger partial charge in [-0.3, -0.25) is 0 Å². The molecule has 90 valence electrons. The van der Waals surface area contributed by atoms with Gasteiger partial charge in [0.05, 0.1) is 0 Å². The summed E-state index contributed by atoms with van der Waals surface area (Å²) in [5.74, 6) is 0. The molecule has 5 heteroatoms. The van der Waals surface area contributed by atoms with Crippen LogP contribution in [0.3, 0.4) is 0 Å². The fourth-order valence-electron chi connectivity index (χ4n) is 2.21. The molecular formula is C12H14ClN3O. The average molecular weight is 252 g/mol. The van der Waals surface area contributed by atoms with Crippen molar-refractivity contribution in [2.45, 2.75) is 18.9 Å². The number of rotatable bonds is 1. The topological polar surface area (TPSA) is 55.3 Å². The second-order valence-electron chi connectivity index (χ2n) is 4.46. The van der Waals surface area contributed by atoms with Gasteiger partial charge in [0, 0.05) is 24.2 Å². The van der Waals surface area contributed by atoms with Crippen LogP contribution in [0.15, 0.2) is 22.6 Å². The van der Waals surface area contributed by atoms with Gasteiger partial charge >= 0.3 is 0 Å². The van der Waals surface area contributed by atoms with Crippen molar-refractivity contribution >= 4 is 28.7 Å². The van der Waals surface area contributed by atoms with E-state index in [4.69, 9.17) is 21.8 Å².